The van der Waals surface area contributed by atoms with Gasteiger partial charge in [0, 0.05) is 19.3 Å². The molecule has 1 heterocycles. The Balaban J connectivity index is 1.96. The van der Waals surface area contributed by atoms with Crippen molar-refractivity contribution in [3.63, 3.8) is 0 Å². The number of piperidine rings is 1. The molecule has 0 saturated carbocycles. The molecule has 1 saturated heterocycles. The number of likely N-dealkylation sites (tertiary alicyclic amines) is 1. The molecular formula is C10H21N+. The number of hydrogen-bond donors (Lipinski definition) is 0. The van der Waals surface area contributed by atoms with Crippen LogP contribution >= 0.6 is 0 Å². The average Bonchev–Trinajstić information content (AvgIpc) is 2.07. The van der Waals surface area contributed by atoms with E-state index < -0.39 is 0 Å². The molecule has 0 aliphatic carbocycles. The normalized spacial score (nSPS) is 20.5. The topological polar surface area (TPSA) is 5.90 Å². The number of rotatable bonds is 4. The van der Waals surface area contributed by atoms with Crippen molar-refractivity contribution in [3.05, 3.63) is 0 Å². The van der Waals surface area contributed by atoms with Gasteiger partial charge >= 0.3 is 0 Å². The van der Waals surface area contributed by atoms with Crippen molar-refractivity contribution in [1.82, 2.24) is 4.90 Å². The zero-order valence-corrected chi connectivity index (χ0v) is 7.81. The van der Waals surface area contributed by atoms with E-state index in [4.69, 9.17) is 0 Å². The van der Waals surface area contributed by atoms with E-state index >= 15 is 0 Å². The molecule has 11 heavy (non-hydrogen) atoms. The molecule has 0 N–H and O–H groups in total. The smallest absolute Gasteiger partial charge is 0.122 e. The highest BCUT2D eigenvalue weighted by Gasteiger charge is 2.17. The largest absolute Gasteiger partial charge is 0.170 e. The average molecular weight is 155 g/mol. The molecule has 0 amide bonds. The Labute approximate surface area is 70.8 Å². The minimum Gasteiger partial charge on any atom is -0.170 e. The van der Waals surface area contributed by atoms with Crippen LogP contribution in [0.5, 0.6) is 0 Å². The van der Waals surface area contributed by atoms with Crippen LogP contribution in [0.15, 0.2) is 0 Å². The third kappa shape index (κ3) is 3.76. The predicted octanol–water partition coefficient (Wildman–Crippen LogP) is 2.50. The zero-order chi connectivity index (χ0) is 7.94. The van der Waals surface area contributed by atoms with Crippen LogP contribution in [0.2, 0.25) is 0 Å². The fourth-order valence-corrected chi connectivity index (χ4v) is 1.77. The molecule has 1 aliphatic heterocycles. The van der Waals surface area contributed by atoms with Crippen molar-refractivity contribution in [2.75, 3.05) is 19.6 Å². The molecule has 0 bridgehead atoms. The van der Waals surface area contributed by atoms with Gasteiger partial charge in [-0.15, -0.1) is 0 Å². The number of unbranched alkanes of at least 4 members (excludes halogenated alkanes) is 2. The van der Waals surface area contributed by atoms with Gasteiger partial charge in [-0.3, -0.25) is 0 Å². The second-order valence-corrected chi connectivity index (χ2v) is 3.61. The molecule has 1 heteroatoms. The van der Waals surface area contributed by atoms with Crippen LogP contribution in [0.1, 0.15) is 45.4 Å². The Bertz CT molecular complexity index is 84.9. The van der Waals surface area contributed by atoms with Crippen LogP contribution in [0, 0.1) is 0 Å². The fourth-order valence-electron chi connectivity index (χ4n) is 1.77. The van der Waals surface area contributed by atoms with Gasteiger partial charge in [0.05, 0.1) is 0 Å². The maximum atomic E-state index is 2.62. The highest BCUT2D eigenvalue weighted by atomic mass is 15.1. The molecule has 0 aromatic heterocycles. The third-order valence-corrected chi connectivity index (χ3v) is 2.53. The molecule has 0 aromatic rings. The number of nitrogens with zero attached hydrogens (tertiary/aromatic N) is 1. The summed E-state index contributed by atoms with van der Waals surface area (Å²) in [6, 6.07) is 0. The maximum Gasteiger partial charge on any atom is 0.122 e. The van der Waals surface area contributed by atoms with Gasteiger partial charge in [0.15, 0.2) is 0 Å². The second kappa shape index (κ2) is 5.59. The van der Waals surface area contributed by atoms with E-state index in [0.717, 1.165) is 0 Å². The first kappa shape index (κ1) is 9.05. The zero-order valence-electron chi connectivity index (χ0n) is 7.81. The minimum absolute atomic E-state index is 1.36. The van der Waals surface area contributed by atoms with Gasteiger partial charge < -0.3 is 0 Å². The summed E-state index contributed by atoms with van der Waals surface area (Å²) in [5.74, 6) is 0. The maximum absolute atomic E-state index is 2.62. The van der Waals surface area contributed by atoms with E-state index in [1.807, 2.05) is 0 Å². The first-order chi connectivity index (χ1) is 5.43. The summed E-state index contributed by atoms with van der Waals surface area (Å²) < 4.78 is 0. The van der Waals surface area contributed by atoms with E-state index in [1.54, 1.807) is 0 Å². The summed E-state index contributed by atoms with van der Waals surface area (Å²) in [6.07, 6.45) is 8.52. The van der Waals surface area contributed by atoms with Crippen LogP contribution < -0.4 is 4.90 Å². The second-order valence-electron chi connectivity index (χ2n) is 3.61. The lowest BCUT2D eigenvalue weighted by Gasteiger charge is -2.16. The van der Waals surface area contributed by atoms with Gasteiger partial charge in [0.1, 0.15) is 19.6 Å². The van der Waals surface area contributed by atoms with Crippen LogP contribution in [0.3, 0.4) is 0 Å². The predicted molar refractivity (Wildman–Crippen MR) is 50.1 cm³/mol. The van der Waals surface area contributed by atoms with Crippen LogP contribution in [0.4, 0.5) is 0 Å². The molecule has 0 atom stereocenters. The van der Waals surface area contributed by atoms with Crippen molar-refractivity contribution in [2.24, 2.45) is 0 Å². The highest BCUT2D eigenvalue weighted by Crippen LogP contribution is 2.07. The molecule has 1 aliphatic rings. The Hall–Kier alpha value is -0.0400. The van der Waals surface area contributed by atoms with E-state index in [2.05, 4.69) is 11.8 Å². The lowest BCUT2D eigenvalue weighted by atomic mass is 10.1. The van der Waals surface area contributed by atoms with E-state index in [1.165, 1.54) is 58.2 Å². The monoisotopic (exact) mass is 155 g/mol. The van der Waals surface area contributed by atoms with Crippen molar-refractivity contribution >= 4 is 0 Å². The van der Waals surface area contributed by atoms with Gasteiger partial charge in [0.2, 0.25) is 0 Å². The first-order valence-corrected chi connectivity index (χ1v) is 5.16. The molecule has 1 rings (SSSR count). The molecular weight excluding hydrogens is 134 g/mol. The summed E-state index contributed by atoms with van der Waals surface area (Å²) in [5, 5.41) is 0. The summed E-state index contributed by atoms with van der Waals surface area (Å²) in [7, 11) is 0. The quantitative estimate of drug-likeness (QED) is 0.434. The molecule has 1 nitrogen and oxygen atoms in total. The SMILES string of the molecule is CCCCC[N+]1CCCCC1. The van der Waals surface area contributed by atoms with Gasteiger partial charge in [-0.25, -0.2) is 0 Å². The summed E-state index contributed by atoms with van der Waals surface area (Å²) in [5.41, 5.74) is 0. The first-order valence-electron chi connectivity index (χ1n) is 5.16. The molecule has 0 spiro atoms. The lowest BCUT2D eigenvalue weighted by Crippen LogP contribution is -2.36. The van der Waals surface area contributed by atoms with Gasteiger partial charge in [-0.1, -0.05) is 13.3 Å². The van der Waals surface area contributed by atoms with Crippen molar-refractivity contribution in [1.29, 1.82) is 0 Å². The van der Waals surface area contributed by atoms with E-state index in [-0.39, 0.29) is 0 Å². The lowest BCUT2D eigenvalue weighted by molar-refractivity contribution is 0.334. The molecule has 1 radical (unpaired) electrons. The van der Waals surface area contributed by atoms with Crippen LogP contribution in [-0.4, -0.2) is 19.6 Å². The Kier molecular flexibility index (Phi) is 4.60. The van der Waals surface area contributed by atoms with Crippen LogP contribution in [0.25, 0.3) is 0 Å². The molecule has 1 fully saturated rings. The van der Waals surface area contributed by atoms with Gasteiger partial charge in [-0.05, 0) is 12.8 Å². The van der Waals surface area contributed by atoms with Crippen molar-refractivity contribution < 1.29 is 0 Å². The van der Waals surface area contributed by atoms with Gasteiger partial charge in [0.25, 0.3) is 0 Å². The number of hydrogen-bond acceptors (Lipinski definition) is 1. The molecule has 0 aromatic carbocycles. The summed E-state index contributed by atoms with van der Waals surface area (Å²) >= 11 is 0. The van der Waals surface area contributed by atoms with Crippen molar-refractivity contribution in [2.45, 2.75) is 45.4 Å². The van der Waals surface area contributed by atoms with E-state index in [0.29, 0.717) is 0 Å². The molecule has 0 unspecified atom stereocenters. The highest BCUT2D eigenvalue weighted by molar-refractivity contribution is 4.69. The fraction of sp³-hybridized carbons (Fsp3) is 1.00. The minimum atomic E-state index is 1.36. The third-order valence-electron chi connectivity index (χ3n) is 2.53. The molecule has 65 valence electrons. The van der Waals surface area contributed by atoms with Gasteiger partial charge in [-0.2, -0.15) is 4.90 Å². The van der Waals surface area contributed by atoms with E-state index in [9.17, 15) is 0 Å². The van der Waals surface area contributed by atoms with Crippen molar-refractivity contribution in [3.8, 4) is 0 Å². The standard InChI is InChI=1S/C10H21N/c1-2-3-5-8-11-9-6-4-7-10-11/h2-10H2,1H3/q+1. The Morgan fingerprint density at radius 2 is 1.73 bits per heavy atom. The summed E-state index contributed by atoms with van der Waals surface area (Å²) in [4.78, 5) is 2.62. The van der Waals surface area contributed by atoms with Crippen LogP contribution in [-0.2, 0) is 0 Å². The Morgan fingerprint density at radius 3 is 2.36 bits per heavy atom. The Morgan fingerprint density at radius 1 is 1.00 bits per heavy atom. The summed E-state index contributed by atoms with van der Waals surface area (Å²) in [6.45, 7) is 6.36.